The molecule has 2 aliphatic heterocycles. The number of amides is 3. The van der Waals surface area contributed by atoms with Crippen LogP contribution in [-0.4, -0.2) is 58.9 Å². The van der Waals surface area contributed by atoms with Gasteiger partial charge in [-0.2, -0.15) is 11.8 Å². The Morgan fingerprint density at radius 1 is 0.551 bits per heavy atom. The monoisotopic (exact) mass is 700 g/mol. The molecule has 0 radical (unpaired) electrons. The summed E-state index contributed by atoms with van der Waals surface area (Å²) in [6.45, 7) is 2.18. The van der Waals surface area contributed by atoms with E-state index in [4.69, 9.17) is 0 Å². The van der Waals surface area contributed by atoms with E-state index in [1.165, 1.54) is 83.5 Å². The Morgan fingerprint density at radius 2 is 0.980 bits per heavy atom. The smallest absolute Gasteiger partial charge is 0.256 e. The SMILES string of the molecule is O=C1CCCCCCCCCCNC(=O)CCCCCCCCCCN2C(=O)c3ccccc3C2(O)CSCCCCCCCCCCN1. The molecule has 1 aromatic rings. The van der Waals surface area contributed by atoms with Crippen molar-refractivity contribution in [2.45, 2.75) is 173 Å². The highest BCUT2D eigenvalue weighted by Gasteiger charge is 2.47. The number of rotatable bonds is 0. The van der Waals surface area contributed by atoms with E-state index in [1.54, 1.807) is 16.7 Å². The molecule has 1 saturated heterocycles. The van der Waals surface area contributed by atoms with Gasteiger partial charge in [-0.1, -0.05) is 134 Å². The van der Waals surface area contributed by atoms with Gasteiger partial charge in [0.1, 0.15) is 0 Å². The van der Waals surface area contributed by atoms with E-state index < -0.39 is 5.72 Å². The lowest BCUT2D eigenvalue weighted by atomic mass is 10.0. The number of benzene rings is 1. The van der Waals surface area contributed by atoms with Gasteiger partial charge in [-0.15, -0.1) is 0 Å². The summed E-state index contributed by atoms with van der Waals surface area (Å²) in [4.78, 5) is 39.4. The van der Waals surface area contributed by atoms with Gasteiger partial charge in [-0.3, -0.25) is 14.4 Å². The van der Waals surface area contributed by atoms with E-state index in [0.717, 1.165) is 95.0 Å². The van der Waals surface area contributed by atoms with Crippen molar-refractivity contribution < 1.29 is 19.5 Å². The first-order valence-corrected chi connectivity index (χ1v) is 21.4. The lowest BCUT2D eigenvalue weighted by Gasteiger charge is -2.34. The molecule has 0 aromatic heterocycles. The molecule has 1 unspecified atom stereocenters. The van der Waals surface area contributed by atoms with Crippen molar-refractivity contribution >= 4 is 29.5 Å². The second kappa shape index (κ2) is 25.8. The van der Waals surface area contributed by atoms with E-state index in [9.17, 15) is 19.5 Å². The summed E-state index contributed by atoms with van der Waals surface area (Å²) in [7, 11) is 0. The number of aliphatic hydroxyl groups is 1. The summed E-state index contributed by atoms with van der Waals surface area (Å²) in [5.74, 6) is 1.87. The Kier molecular flexibility index (Phi) is 21.8. The summed E-state index contributed by atoms with van der Waals surface area (Å²) in [6, 6.07) is 7.60. The fraction of sp³-hybridized carbons (Fsp3) is 0.780. The van der Waals surface area contributed by atoms with Crippen LogP contribution in [-0.2, 0) is 15.3 Å². The third-order valence-electron chi connectivity index (χ3n) is 10.3. The van der Waals surface area contributed by atoms with E-state index in [1.807, 2.05) is 24.3 Å². The van der Waals surface area contributed by atoms with Crippen molar-refractivity contribution in [1.29, 1.82) is 0 Å². The van der Waals surface area contributed by atoms with Crippen LogP contribution in [0.1, 0.15) is 183 Å². The van der Waals surface area contributed by atoms with Gasteiger partial charge >= 0.3 is 0 Å². The summed E-state index contributed by atoms with van der Waals surface area (Å²) in [5.41, 5.74) is 0.191. The Balaban J connectivity index is 1.37. The molecule has 2 aliphatic rings. The molecule has 0 saturated carbocycles. The minimum Gasteiger partial charge on any atom is -0.366 e. The van der Waals surface area contributed by atoms with Crippen LogP contribution in [0.4, 0.5) is 0 Å². The standard InChI is InChI=1S/C41H69N3O4S/c45-38-29-19-13-7-1-3-9-15-23-31-42-39(46)30-20-14-8-2-5-11-17-25-33-44-40(47)36-27-21-22-28-37(36)41(44,48)35-49-34-26-18-12-6-4-10-16-24-32-43-38/h21-22,27-28,48H,1-20,23-26,29-35H2,(H,42,46)(H,43,45). The summed E-state index contributed by atoms with van der Waals surface area (Å²) in [6.07, 6.45) is 28.8. The van der Waals surface area contributed by atoms with Crippen molar-refractivity contribution in [1.82, 2.24) is 15.5 Å². The molecular formula is C41H69N3O4S. The lowest BCUT2D eigenvalue weighted by Crippen LogP contribution is -2.46. The predicted molar refractivity (Wildman–Crippen MR) is 205 cm³/mol. The normalized spacial score (nSPS) is 24.8. The third kappa shape index (κ3) is 16.7. The number of hydrogen-bond acceptors (Lipinski definition) is 5. The molecule has 3 rings (SSSR count). The molecule has 0 bridgehead atoms. The highest BCUT2D eigenvalue weighted by Crippen LogP contribution is 2.40. The number of fused-ring (bicyclic) bond motifs is 3. The average Bonchev–Trinajstić information content (AvgIpc) is 3.31. The molecule has 1 fully saturated rings. The summed E-state index contributed by atoms with van der Waals surface area (Å²) < 4.78 is 0. The maximum absolute atomic E-state index is 13.3. The van der Waals surface area contributed by atoms with Crippen LogP contribution < -0.4 is 10.6 Å². The summed E-state index contributed by atoms with van der Waals surface area (Å²) >= 11 is 1.77. The van der Waals surface area contributed by atoms with Crippen molar-refractivity contribution in [3.05, 3.63) is 35.4 Å². The van der Waals surface area contributed by atoms with Crippen LogP contribution >= 0.6 is 11.8 Å². The Morgan fingerprint density at radius 3 is 1.51 bits per heavy atom. The number of nitrogens with zero attached hydrogens (tertiary/aromatic N) is 1. The zero-order valence-corrected chi connectivity index (χ0v) is 31.6. The second-order valence-electron chi connectivity index (χ2n) is 14.6. The molecule has 2 heterocycles. The molecule has 0 aliphatic carbocycles. The molecule has 1 atom stereocenters. The number of carbonyl (C=O) groups excluding carboxylic acids is 3. The Bertz CT molecular complexity index is 1070. The minimum atomic E-state index is -1.22. The van der Waals surface area contributed by atoms with Crippen molar-refractivity contribution in [2.24, 2.45) is 0 Å². The van der Waals surface area contributed by atoms with Crippen LogP contribution in [0.3, 0.4) is 0 Å². The van der Waals surface area contributed by atoms with E-state index in [-0.39, 0.29) is 17.7 Å². The minimum absolute atomic E-state index is 0.0369. The first-order chi connectivity index (χ1) is 24.0. The first-order valence-electron chi connectivity index (χ1n) is 20.3. The molecule has 1 aromatic carbocycles. The van der Waals surface area contributed by atoms with Gasteiger partial charge in [0.05, 0.1) is 0 Å². The molecule has 0 spiro atoms. The topological polar surface area (TPSA) is 98.7 Å². The van der Waals surface area contributed by atoms with Crippen LogP contribution in [0.2, 0.25) is 0 Å². The zero-order valence-electron chi connectivity index (χ0n) is 30.8. The Hall–Kier alpha value is -2.06. The van der Waals surface area contributed by atoms with Gasteiger partial charge in [0, 0.05) is 49.4 Å². The van der Waals surface area contributed by atoms with Crippen LogP contribution in [0.25, 0.3) is 0 Å². The lowest BCUT2D eigenvalue weighted by molar-refractivity contribution is -0.122. The van der Waals surface area contributed by atoms with Crippen molar-refractivity contribution in [3.8, 4) is 0 Å². The fourth-order valence-electron chi connectivity index (χ4n) is 7.24. The molecule has 49 heavy (non-hydrogen) atoms. The molecular weight excluding hydrogens is 631 g/mol. The zero-order chi connectivity index (χ0) is 34.8. The maximum atomic E-state index is 13.3. The van der Waals surface area contributed by atoms with Crippen molar-refractivity contribution in [2.75, 3.05) is 31.1 Å². The maximum Gasteiger partial charge on any atom is 0.256 e. The molecule has 3 amide bonds. The molecule has 8 heteroatoms. The number of nitrogens with one attached hydrogen (secondary N) is 2. The van der Waals surface area contributed by atoms with Gasteiger partial charge < -0.3 is 20.6 Å². The van der Waals surface area contributed by atoms with Gasteiger partial charge in [-0.25, -0.2) is 0 Å². The number of carbonyl (C=O) groups is 3. The predicted octanol–water partition coefficient (Wildman–Crippen LogP) is 9.41. The van der Waals surface area contributed by atoms with Crippen LogP contribution in [0.5, 0.6) is 0 Å². The molecule has 7 nitrogen and oxygen atoms in total. The van der Waals surface area contributed by atoms with Gasteiger partial charge in [0.15, 0.2) is 5.72 Å². The summed E-state index contributed by atoms with van der Waals surface area (Å²) in [5, 5.41) is 18.1. The van der Waals surface area contributed by atoms with E-state index in [2.05, 4.69) is 10.6 Å². The number of thioether (sulfide) groups is 1. The second-order valence-corrected chi connectivity index (χ2v) is 15.7. The largest absolute Gasteiger partial charge is 0.366 e. The van der Waals surface area contributed by atoms with E-state index >= 15 is 0 Å². The average molecular weight is 700 g/mol. The molecule has 3 N–H and O–H groups in total. The highest BCUT2D eigenvalue weighted by molar-refractivity contribution is 7.99. The third-order valence-corrected chi connectivity index (χ3v) is 11.5. The van der Waals surface area contributed by atoms with Gasteiger partial charge in [0.2, 0.25) is 11.8 Å². The van der Waals surface area contributed by atoms with Crippen LogP contribution in [0, 0.1) is 0 Å². The fourth-order valence-corrected chi connectivity index (χ4v) is 8.39. The van der Waals surface area contributed by atoms with Crippen LogP contribution in [0.15, 0.2) is 24.3 Å². The quantitative estimate of drug-likeness (QED) is 0.251. The molecule has 278 valence electrons. The van der Waals surface area contributed by atoms with E-state index in [0.29, 0.717) is 30.7 Å². The Labute approximate surface area is 302 Å². The van der Waals surface area contributed by atoms with Gasteiger partial charge in [0.25, 0.3) is 5.91 Å². The van der Waals surface area contributed by atoms with Gasteiger partial charge in [-0.05, 0) is 50.3 Å². The highest BCUT2D eigenvalue weighted by atomic mass is 32.2. The van der Waals surface area contributed by atoms with Crippen molar-refractivity contribution in [3.63, 3.8) is 0 Å². The number of hydrogen-bond donors (Lipinski definition) is 3. The first kappa shape index (κ1) is 41.4.